The highest BCUT2D eigenvalue weighted by atomic mass is 35.5. The molecule has 1 aliphatic carbocycles. The van der Waals surface area contributed by atoms with Crippen LogP contribution < -0.4 is 5.32 Å². The van der Waals surface area contributed by atoms with Gasteiger partial charge in [-0.3, -0.25) is 0 Å². The molecular formula is C12H15ClFNO. The first-order valence-corrected chi connectivity index (χ1v) is 5.87. The van der Waals surface area contributed by atoms with E-state index in [1.165, 1.54) is 25.0 Å². The van der Waals surface area contributed by atoms with Gasteiger partial charge in [-0.05, 0) is 43.0 Å². The molecule has 1 atom stereocenters. The number of hydrogen-bond donors (Lipinski definition) is 2. The van der Waals surface area contributed by atoms with E-state index >= 15 is 0 Å². The van der Waals surface area contributed by atoms with Crippen LogP contribution in [0.5, 0.6) is 0 Å². The van der Waals surface area contributed by atoms with Crippen LogP contribution in [-0.4, -0.2) is 18.3 Å². The van der Waals surface area contributed by atoms with Gasteiger partial charge in [-0.2, -0.15) is 0 Å². The third-order valence-corrected chi connectivity index (χ3v) is 3.20. The maximum absolute atomic E-state index is 12.9. The molecule has 0 spiro atoms. The first kappa shape index (κ1) is 11.8. The second-order valence-electron chi connectivity index (χ2n) is 4.25. The van der Waals surface area contributed by atoms with Gasteiger partial charge >= 0.3 is 0 Å². The van der Waals surface area contributed by atoms with Crippen molar-refractivity contribution in [1.82, 2.24) is 5.32 Å². The lowest BCUT2D eigenvalue weighted by Gasteiger charge is -2.17. The fraction of sp³-hybridized carbons (Fsp3) is 0.500. The van der Waals surface area contributed by atoms with Crippen molar-refractivity contribution < 1.29 is 9.50 Å². The Labute approximate surface area is 99.4 Å². The molecule has 0 bridgehead atoms. The van der Waals surface area contributed by atoms with Crippen LogP contribution in [0.3, 0.4) is 0 Å². The standard InChI is InChI=1S/C12H15ClFNO/c13-11-5-9(14)3-4-10(11)12(7-16)15-6-8-1-2-8/h3-5,8,12,15-16H,1-2,6-7H2. The number of nitrogens with one attached hydrogen (secondary N) is 1. The quantitative estimate of drug-likeness (QED) is 0.833. The fourth-order valence-corrected chi connectivity index (χ4v) is 1.99. The zero-order chi connectivity index (χ0) is 11.5. The summed E-state index contributed by atoms with van der Waals surface area (Å²) in [4.78, 5) is 0. The highest BCUT2D eigenvalue weighted by molar-refractivity contribution is 6.31. The molecule has 1 saturated carbocycles. The van der Waals surface area contributed by atoms with Crippen molar-refractivity contribution in [3.63, 3.8) is 0 Å². The molecule has 88 valence electrons. The third-order valence-electron chi connectivity index (χ3n) is 2.87. The Balaban J connectivity index is 2.05. The van der Waals surface area contributed by atoms with Crippen molar-refractivity contribution in [3.05, 3.63) is 34.6 Å². The first-order chi connectivity index (χ1) is 7.70. The molecule has 0 saturated heterocycles. The van der Waals surface area contributed by atoms with Gasteiger partial charge in [0.1, 0.15) is 5.82 Å². The lowest BCUT2D eigenvalue weighted by atomic mass is 10.1. The largest absolute Gasteiger partial charge is 0.394 e. The SMILES string of the molecule is OCC(NCC1CC1)c1ccc(F)cc1Cl. The van der Waals surface area contributed by atoms with Crippen LogP contribution >= 0.6 is 11.6 Å². The van der Waals surface area contributed by atoms with E-state index in [1.54, 1.807) is 6.07 Å². The molecule has 2 rings (SSSR count). The van der Waals surface area contributed by atoms with Gasteiger partial charge in [-0.25, -0.2) is 4.39 Å². The Morgan fingerprint density at radius 3 is 2.81 bits per heavy atom. The normalized spacial score (nSPS) is 17.4. The van der Waals surface area contributed by atoms with Crippen molar-refractivity contribution in [1.29, 1.82) is 0 Å². The third kappa shape index (κ3) is 2.94. The Bertz CT molecular complexity index is 368. The van der Waals surface area contributed by atoms with E-state index in [-0.39, 0.29) is 18.5 Å². The summed E-state index contributed by atoms with van der Waals surface area (Å²) in [6.07, 6.45) is 2.50. The van der Waals surface area contributed by atoms with Crippen molar-refractivity contribution in [2.45, 2.75) is 18.9 Å². The monoisotopic (exact) mass is 243 g/mol. The van der Waals surface area contributed by atoms with Gasteiger partial charge in [-0.15, -0.1) is 0 Å². The van der Waals surface area contributed by atoms with Gasteiger partial charge in [0.05, 0.1) is 12.6 Å². The van der Waals surface area contributed by atoms with Crippen molar-refractivity contribution in [2.24, 2.45) is 5.92 Å². The summed E-state index contributed by atoms with van der Waals surface area (Å²) in [6, 6.07) is 4.06. The highest BCUT2D eigenvalue weighted by Gasteiger charge is 2.23. The van der Waals surface area contributed by atoms with Crippen molar-refractivity contribution in [2.75, 3.05) is 13.2 Å². The summed E-state index contributed by atoms with van der Waals surface area (Å²) in [5.41, 5.74) is 0.756. The van der Waals surface area contributed by atoms with Crippen LogP contribution in [0.25, 0.3) is 0 Å². The molecule has 2 nitrogen and oxygen atoms in total. The Morgan fingerprint density at radius 1 is 1.50 bits per heavy atom. The first-order valence-electron chi connectivity index (χ1n) is 5.50. The summed E-state index contributed by atoms with van der Waals surface area (Å²) in [5.74, 6) is 0.376. The zero-order valence-corrected chi connectivity index (χ0v) is 9.67. The van der Waals surface area contributed by atoms with Gasteiger partial charge in [0, 0.05) is 5.02 Å². The molecule has 0 aliphatic heterocycles. The summed E-state index contributed by atoms with van der Waals surface area (Å²) in [6.45, 7) is 0.858. The molecule has 1 fully saturated rings. The maximum atomic E-state index is 12.9. The molecular weight excluding hydrogens is 229 g/mol. The second kappa shape index (κ2) is 5.13. The number of aliphatic hydroxyl groups excluding tert-OH is 1. The van der Waals surface area contributed by atoms with Gasteiger partial charge in [0.2, 0.25) is 0 Å². The molecule has 0 heterocycles. The van der Waals surface area contributed by atoms with Crippen LogP contribution in [0.1, 0.15) is 24.4 Å². The van der Waals surface area contributed by atoms with Crippen LogP contribution in [0.2, 0.25) is 5.02 Å². The highest BCUT2D eigenvalue weighted by Crippen LogP contribution is 2.29. The second-order valence-corrected chi connectivity index (χ2v) is 4.66. The smallest absolute Gasteiger partial charge is 0.124 e. The lowest BCUT2D eigenvalue weighted by Crippen LogP contribution is -2.26. The maximum Gasteiger partial charge on any atom is 0.124 e. The predicted molar refractivity (Wildman–Crippen MR) is 62.0 cm³/mol. The minimum absolute atomic E-state index is 0.0297. The predicted octanol–water partition coefficient (Wildman–Crippen LogP) is 2.51. The molecule has 4 heteroatoms. The van der Waals surface area contributed by atoms with Gasteiger partial charge in [-0.1, -0.05) is 17.7 Å². The molecule has 0 radical (unpaired) electrons. The van der Waals surface area contributed by atoms with E-state index in [1.807, 2.05) is 0 Å². The Morgan fingerprint density at radius 2 is 2.25 bits per heavy atom. The number of benzene rings is 1. The molecule has 16 heavy (non-hydrogen) atoms. The topological polar surface area (TPSA) is 32.3 Å². The van der Waals surface area contributed by atoms with Gasteiger partial charge in [0.15, 0.2) is 0 Å². The van der Waals surface area contributed by atoms with Crippen LogP contribution in [0.15, 0.2) is 18.2 Å². The molecule has 1 unspecified atom stereocenters. The average molecular weight is 244 g/mol. The molecule has 1 aromatic carbocycles. The zero-order valence-electron chi connectivity index (χ0n) is 8.92. The summed E-state index contributed by atoms with van der Waals surface area (Å²) in [7, 11) is 0. The van der Waals surface area contributed by atoms with E-state index in [2.05, 4.69) is 5.32 Å². The van der Waals surface area contributed by atoms with Crippen molar-refractivity contribution >= 4 is 11.6 Å². The number of rotatable bonds is 5. The Kier molecular flexibility index (Phi) is 3.79. The molecule has 2 N–H and O–H groups in total. The molecule has 1 aliphatic rings. The molecule has 1 aromatic rings. The van der Waals surface area contributed by atoms with E-state index in [9.17, 15) is 9.50 Å². The number of aliphatic hydroxyl groups is 1. The van der Waals surface area contributed by atoms with Crippen LogP contribution in [0.4, 0.5) is 4.39 Å². The fourth-order valence-electron chi connectivity index (χ4n) is 1.69. The summed E-state index contributed by atoms with van der Waals surface area (Å²) >= 11 is 5.94. The number of hydrogen-bond acceptors (Lipinski definition) is 2. The van der Waals surface area contributed by atoms with Gasteiger partial charge < -0.3 is 10.4 Å². The number of halogens is 2. The van der Waals surface area contributed by atoms with E-state index in [0.717, 1.165) is 18.0 Å². The van der Waals surface area contributed by atoms with E-state index in [0.29, 0.717) is 5.02 Å². The van der Waals surface area contributed by atoms with Crippen LogP contribution in [-0.2, 0) is 0 Å². The minimum Gasteiger partial charge on any atom is -0.394 e. The molecule has 0 aromatic heterocycles. The summed E-state index contributed by atoms with van der Waals surface area (Å²) in [5, 5.41) is 12.9. The van der Waals surface area contributed by atoms with Crippen molar-refractivity contribution in [3.8, 4) is 0 Å². The minimum atomic E-state index is -0.354. The Hall–Kier alpha value is -0.640. The van der Waals surface area contributed by atoms with Gasteiger partial charge in [0.25, 0.3) is 0 Å². The van der Waals surface area contributed by atoms with Crippen LogP contribution in [0, 0.1) is 11.7 Å². The summed E-state index contributed by atoms with van der Waals surface area (Å²) < 4.78 is 12.9. The van der Waals surface area contributed by atoms with E-state index < -0.39 is 0 Å². The average Bonchev–Trinajstić information content (AvgIpc) is 3.05. The lowest BCUT2D eigenvalue weighted by molar-refractivity contribution is 0.243. The van der Waals surface area contributed by atoms with E-state index in [4.69, 9.17) is 11.6 Å². The molecule has 0 amide bonds.